The van der Waals surface area contributed by atoms with E-state index >= 15 is 0 Å². The molecule has 0 fully saturated rings. The van der Waals surface area contributed by atoms with Crippen molar-refractivity contribution >= 4 is 28.5 Å². The summed E-state index contributed by atoms with van der Waals surface area (Å²) in [6, 6.07) is 1.75. The lowest BCUT2D eigenvalue weighted by Gasteiger charge is -2.01. The van der Waals surface area contributed by atoms with Gasteiger partial charge in [-0.1, -0.05) is 0 Å². The number of nitrogens with one attached hydrogen (secondary N) is 1. The minimum atomic E-state index is 0.369. The summed E-state index contributed by atoms with van der Waals surface area (Å²) in [5, 5.41) is 4.11. The summed E-state index contributed by atoms with van der Waals surface area (Å²) in [6.45, 7) is 0. The molecule has 2 aromatic rings. The maximum atomic E-state index is 5.20. The topological polar surface area (TPSA) is 81.6 Å². The number of hydrogen-bond acceptors (Lipinski definition) is 5. The zero-order chi connectivity index (χ0) is 9.97. The van der Waals surface area contributed by atoms with E-state index in [0.29, 0.717) is 11.8 Å². The summed E-state index contributed by atoms with van der Waals surface area (Å²) < 4.78 is 2.70. The van der Waals surface area contributed by atoms with Crippen LogP contribution >= 0.6 is 22.6 Å². The molecular formula is C7H7IN6. The first-order chi connectivity index (χ1) is 6.79. The van der Waals surface area contributed by atoms with Gasteiger partial charge in [-0.05, 0) is 22.6 Å². The molecule has 0 saturated heterocycles. The van der Waals surface area contributed by atoms with Gasteiger partial charge in [0.05, 0.1) is 9.77 Å². The highest BCUT2D eigenvalue weighted by Crippen LogP contribution is 2.07. The van der Waals surface area contributed by atoms with Crippen molar-refractivity contribution < 1.29 is 0 Å². The fraction of sp³-hybridized carbons (Fsp3) is 0. The third-order valence-corrected chi connectivity index (χ3v) is 2.11. The zero-order valence-corrected chi connectivity index (χ0v) is 9.21. The van der Waals surface area contributed by atoms with Crippen molar-refractivity contribution in [2.45, 2.75) is 0 Å². The van der Waals surface area contributed by atoms with E-state index < -0.39 is 0 Å². The molecule has 2 heterocycles. The average Bonchev–Trinajstić information content (AvgIpc) is 2.65. The van der Waals surface area contributed by atoms with Crippen LogP contribution in [0.2, 0.25) is 0 Å². The van der Waals surface area contributed by atoms with Crippen molar-refractivity contribution in [3.05, 3.63) is 28.2 Å². The lowest BCUT2D eigenvalue weighted by atomic mass is 10.6. The van der Waals surface area contributed by atoms with Gasteiger partial charge in [-0.2, -0.15) is 10.1 Å². The molecular weight excluding hydrogens is 295 g/mol. The standard InChI is InChI=1S/C7H7IN6/c8-5-3-11-14(4-5)6-1-2-10-7(12-6)13-9/h1-4H,9H2,(H,10,12,13). The van der Waals surface area contributed by atoms with Crippen molar-refractivity contribution in [3.63, 3.8) is 0 Å². The highest BCUT2D eigenvalue weighted by Gasteiger charge is 2.01. The number of rotatable bonds is 2. The van der Waals surface area contributed by atoms with E-state index in [2.05, 4.69) is 43.1 Å². The normalized spacial score (nSPS) is 10.1. The van der Waals surface area contributed by atoms with Crippen LogP contribution in [0, 0.1) is 3.57 Å². The second-order valence-electron chi connectivity index (χ2n) is 2.49. The number of hydrazine groups is 1. The Morgan fingerprint density at radius 2 is 2.36 bits per heavy atom. The molecule has 0 unspecified atom stereocenters. The second-order valence-corrected chi connectivity index (χ2v) is 3.73. The van der Waals surface area contributed by atoms with Crippen LogP contribution in [0.25, 0.3) is 5.82 Å². The lowest BCUT2D eigenvalue weighted by Crippen LogP contribution is -2.11. The number of nitrogen functional groups attached to an aromatic ring is 1. The Labute approximate surface area is 93.7 Å². The third-order valence-electron chi connectivity index (χ3n) is 1.56. The zero-order valence-electron chi connectivity index (χ0n) is 7.05. The Morgan fingerprint density at radius 3 is 3.00 bits per heavy atom. The van der Waals surface area contributed by atoms with E-state index in [4.69, 9.17) is 5.84 Å². The third kappa shape index (κ3) is 1.82. The Morgan fingerprint density at radius 1 is 1.50 bits per heavy atom. The van der Waals surface area contributed by atoms with E-state index in [1.54, 1.807) is 23.1 Å². The predicted molar refractivity (Wildman–Crippen MR) is 59.7 cm³/mol. The average molecular weight is 302 g/mol. The molecule has 0 atom stereocenters. The number of nitrogens with two attached hydrogens (primary N) is 1. The maximum absolute atomic E-state index is 5.20. The monoisotopic (exact) mass is 302 g/mol. The molecule has 0 aliphatic heterocycles. The van der Waals surface area contributed by atoms with Crippen LogP contribution in [0.4, 0.5) is 5.95 Å². The largest absolute Gasteiger partial charge is 0.292 e. The summed E-state index contributed by atoms with van der Waals surface area (Å²) in [4.78, 5) is 8.02. The Balaban J connectivity index is 2.41. The smallest absolute Gasteiger partial charge is 0.239 e. The van der Waals surface area contributed by atoms with Crippen LogP contribution in [-0.4, -0.2) is 19.7 Å². The number of anilines is 1. The van der Waals surface area contributed by atoms with Crippen LogP contribution < -0.4 is 11.3 Å². The molecule has 0 aliphatic carbocycles. The molecule has 6 nitrogen and oxygen atoms in total. The second kappa shape index (κ2) is 3.88. The molecule has 0 aliphatic rings. The van der Waals surface area contributed by atoms with Gasteiger partial charge in [0, 0.05) is 18.5 Å². The summed E-state index contributed by atoms with van der Waals surface area (Å²) in [5.74, 6) is 6.24. The summed E-state index contributed by atoms with van der Waals surface area (Å²) >= 11 is 2.18. The SMILES string of the molecule is NNc1nccc(-n2cc(I)cn2)n1. The molecule has 2 aromatic heterocycles. The van der Waals surface area contributed by atoms with Crippen molar-refractivity contribution in [1.82, 2.24) is 19.7 Å². The lowest BCUT2D eigenvalue weighted by molar-refractivity contribution is 0.840. The van der Waals surface area contributed by atoms with Crippen molar-refractivity contribution in [2.24, 2.45) is 5.84 Å². The van der Waals surface area contributed by atoms with Gasteiger partial charge >= 0.3 is 0 Å². The van der Waals surface area contributed by atoms with Gasteiger partial charge in [-0.3, -0.25) is 5.43 Å². The van der Waals surface area contributed by atoms with Crippen molar-refractivity contribution in [1.29, 1.82) is 0 Å². The van der Waals surface area contributed by atoms with Gasteiger partial charge in [0.1, 0.15) is 0 Å². The molecule has 72 valence electrons. The predicted octanol–water partition coefficient (Wildman–Crippen LogP) is 0.552. The molecule has 2 rings (SSSR count). The van der Waals surface area contributed by atoms with Crippen LogP contribution in [-0.2, 0) is 0 Å². The summed E-state index contributed by atoms with van der Waals surface area (Å²) in [7, 11) is 0. The number of hydrogen-bond donors (Lipinski definition) is 2. The molecule has 0 bridgehead atoms. The fourth-order valence-electron chi connectivity index (χ4n) is 0.972. The van der Waals surface area contributed by atoms with Gasteiger partial charge < -0.3 is 0 Å². The number of halogens is 1. The number of nitrogens with zero attached hydrogens (tertiary/aromatic N) is 4. The molecule has 0 amide bonds. The maximum Gasteiger partial charge on any atom is 0.239 e. The first kappa shape index (κ1) is 9.34. The van der Waals surface area contributed by atoms with E-state index in [1.165, 1.54) is 0 Å². The fourth-order valence-corrected chi connectivity index (χ4v) is 1.36. The molecule has 0 radical (unpaired) electrons. The van der Waals surface area contributed by atoms with Gasteiger partial charge in [0.15, 0.2) is 5.82 Å². The molecule has 0 saturated carbocycles. The minimum absolute atomic E-state index is 0.369. The number of aromatic nitrogens is 4. The minimum Gasteiger partial charge on any atom is -0.292 e. The van der Waals surface area contributed by atoms with Crippen LogP contribution in [0.3, 0.4) is 0 Å². The van der Waals surface area contributed by atoms with Gasteiger partial charge in [-0.15, -0.1) is 0 Å². The summed E-state index contributed by atoms with van der Waals surface area (Å²) in [6.07, 6.45) is 5.23. The summed E-state index contributed by atoms with van der Waals surface area (Å²) in [5.41, 5.74) is 2.38. The Bertz CT molecular complexity index is 439. The Hall–Kier alpha value is -1.22. The van der Waals surface area contributed by atoms with E-state index in [1.807, 2.05) is 6.20 Å². The molecule has 7 heteroatoms. The molecule has 14 heavy (non-hydrogen) atoms. The highest BCUT2D eigenvalue weighted by atomic mass is 127. The quantitative estimate of drug-likeness (QED) is 0.481. The highest BCUT2D eigenvalue weighted by molar-refractivity contribution is 14.1. The van der Waals surface area contributed by atoms with E-state index in [9.17, 15) is 0 Å². The van der Waals surface area contributed by atoms with Crippen LogP contribution in [0.5, 0.6) is 0 Å². The molecule has 0 aromatic carbocycles. The van der Waals surface area contributed by atoms with Gasteiger partial charge in [0.2, 0.25) is 5.95 Å². The van der Waals surface area contributed by atoms with Crippen molar-refractivity contribution in [3.8, 4) is 5.82 Å². The van der Waals surface area contributed by atoms with E-state index in [-0.39, 0.29) is 0 Å². The van der Waals surface area contributed by atoms with Crippen LogP contribution in [0.1, 0.15) is 0 Å². The molecule has 0 spiro atoms. The molecule has 3 N–H and O–H groups in total. The first-order valence-corrected chi connectivity index (χ1v) is 4.87. The van der Waals surface area contributed by atoms with E-state index in [0.717, 1.165) is 3.57 Å². The van der Waals surface area contributed by atoms with Gasteiger partial charge in [-0.25, -0.2) is 15.5 Å². The van der Waals surface area contributed by atoms with Crippen LogP contribution in [0.15, 0.2) is 24.7 Å². The van der Waals surface area contributed by atoms with Gasteiger partial charge in [0.25, 0.3) is 0 Å². The Kier molecular flexibility index (Phi) is 2.59. The first-order valence-electron chi connectivity index (χ1n) is 3.80. The van der Waals surface area contributed by atoms with Crippen molar-refractivity contribution in [2.75, 3.05) is 5.43 Å².